The van der Waals surface area contributed by atoms with Crippen LogP contribution in [0.25, 0.3) is 5.65 Å². The molecule has 4 nitrogen and oxygen atoms in total. The summed E-state index contributed by atoms with van der Waals surface area (Å²) in [5, 5.41) is 3.53. The highest BCUT2D eigenvalue weighted by atomic mass is 15.2. The minimum absolute atomic E-state index is 0.881. The molecule has 0 saturated heterocycles. The van der Waals surface area contributed by atoms with E-state index >= 15 is 0 Å². The molecule has 1 fully saturated rings. The summed E-state index contributed by atoms with van der Waals surface area (Å²) in [6.45, 7) is 8.55. The van der Waals surface area contributed by atoms with Crippen molar-refractivity contribution in [1.82, 2.24) is 14.7 Å². The summed E-state index contributed by atoms with van der Waals surface area (Å²) in [5.41, 5.74) is 2.34. The van der Waals surface area contributed by atoms with Gasteiger partial charge in [0.25, 0.3) is 0 Å². The van der Waals surface area contributed by atoms with Gasteiger partial charge in [-0.1, -0.05) is 13.0 Å². The van der Waals surface area contributed by atoms with Crippen molar-refractivity contribution in [2.75, 3.05) is 24.5 Å². The molecule has 1 aliphatic rings. The third kappa shape index (κ3) is 3.21. The van der Waals surface area contributed by atoms with E-state index in [1.165, 1.54) is 24.4 Å². The zero-order chi connectivity index (χ0) is 14.7. The van der Waals surface area contributed by atoms with Gasteiger partial charge in [0.05, 0.1) is 5.69 Å². The summed E-state index contributed by atoms with van der Waals surface area (Å²) in [7, 11) is 0. The lowest BCUT2D eigenvalue weighted by Gasteiger charge is -2.22. The molecule has 0 radical (unpaired) electrons. The van der Waals surface area contributed by atoms with E-state index in [0.29, 0.717) is 0 Å². The van der Waals surface area contributed by atoms with Crippen LogP contribution in [0.5, 0.6) is 0 Å². The molecule has 0 amide bonds. The maximum atomic E-state index is 4.89. The SMILES string of the molecule is CCCNCc1c(N(CC)CC2CC2)nc2ccccn12. The monoisotopic (exact) mass is 286 g/mol. The maximum absolute atomic E-state index is 4.89. The Kier molecular flexibility index (Phi) is 4.44. The van der Waals surface area contributed by atoms with E-state index in [4.69, 9.17) is 4.98 Å². The third-order valence-electron chi connectivity index (χ3n) is 4.18. The van der Waals surface area contributed by atoms with Crippen LogP contribution in [0.15, 0.2) is 24.4 Å². The summed E-state index contributed by atoms with van der Waals surface area (Å²) in [6, 6.07) is 6.24. The molecule has 0 aromatic carbocycles. The van der Waals surface area contributed by atoms with Crippen molar-refractivity contribution in [3.63, 3.8) is 0 Å². The molecule has 0 unspecified atom stereocenters. The summed E-state index contributed by atoms with van der Waals surface area (Å²) in [6.07, 6.45) is 6.05. The van der Waals surface area contributed by atoms with Gasteiger partial charge in [-0.3, -0.25) is 0 Å². The predicted octanol–water partition coefficient (Wildman–Crippen LogP) is 3.07. The van der Waals surface area contributed by atoms with Gasteiger partial charge in [-0.2, -0.15) is 0 Å². The maximum Gasteiger partial charge on any atom is 0.152 e. The number of nitrogens with zero attached hydrogens (tertiary/aromatic N) is 3. The Labute approximate surface area is 127 Å². The van der Waals surface area contributed by atoms with E-state index in [1.807, 2.05) is 0 Å². The van der Waals surface area contributed by atoms with Gasteiger partial charge in [0.15, 0.2) is 5.82 Å². The third-order valence-corrected chi connectivity index (χ3v) is 4.18. The second-order valence-corrected chi connectivity index (χ2v) is 5.97. The lowest BCUT2D eigenvalue weighted by molar-refractivity contribution is 0.654. The van der Waals surface area contributed by atoms with Crippen molar-refractivity contribution in [2.45, 2.75) is 39.7 Å². The van der Waals surface area contributed by atoms with Crippen LogP contribution >= 0.6 is 0 Å². The normalized spacial score (nSPS) is 14.8. The number of fused-ring (bicyclic) bond motifs is 1. The van der Waals surface area contributed by atoms with Gasteiger partial charge >= 0.3 is 0 Å². The molecule has 2 aromatic rings. The highest BCUT2D eigenvalue weighted by Crippen LogP contribution is 2.32. The molecule has 4 heteroatoms. The number of nitrogens with one attached hydrogen (secondary N) is 1. The fraction of sp³-hybridized carbons (Fsp3) is 0.588. The molecule has 21 heavy (non-hydrogen) atoms. The Hall–Kier alpha value is -1.55. The van der Waals surface area contributed by atoms with E-state index in [9.17, 15) is 0 Å². The number of hydrogen-bond acceptors (Lipinski definition) is 3. The van der Waals surface area contributed by atoms with Crippen LogP contribution in [0.1, 0.15) is 38.8 Å². The van der Waals surface area contributed by atoms with Crippen molar-refractivity contribution in [2.24, 2.45) is 5.92 Å². The Bertz CT molecular complexity index is 585. The van der Waals surface area contributed by atoms with Gasteiger partial charge in [-0.15, -0.1) is 0 Å². The lowest BCUT2D eigenvalue weighted by Crippen LogP contribution is -2.28. The average molecular weight is 286 g/mol. The highest BCUT2D eigenvalue weighted by molar-refractivity contribution is 5.56. The van der Waals surface area contributed by atoms with Crippen LogP contribution in [0.2, 0.25) is 0 Å². The first-order valence-corrected chi connectivity index (χ1v) is 8.25. The van der Waals surface area contributed by atoms with Gasteiger partial charge < -0.3 is 14.6 Å². The molecule has 3 rings (SSSR count). The van der Waals surface area contributed by atoms with Crippen LogP contribution in [-0.4, -0.2) is 29.0 Å². The second kappa shape index (κ2) is 6.48. The fourth-order valence-electron chi connectivity index (χ4n) is 2.81. The van der Waals surface area contributed by atoms with Gasteiger partial charge in [-0.25, -0.2) is 4.98 Å². The number of pyridine rings is 1. The summed E-state index contributed by atoms with van der Waals surface area (Å²) in [5.74, 6) is 2.05. The number of anilines is 1. The Morgan fingerprint density at radius 1 is 1.33 bits per heavy atom. The Balaban J connectivity index is 1.91. The van der Waals surface area contributed by atoms with Crippen molar-refractivity contribution in [1.29, 1.82) is 0 Å². The number of imidazole rings is 1. The smallest absolute Gasteiger partial charge is 0.152 e. The molecule has 1 aliphatic carbocycles. The van der Waals surface area contributed by atoms with Gasteiger partial charge in [-0.05, 0) is 50.8 Å². The van der Waals surface area contributed by atoms with Crippen molar-refractivity contribution in [3.8, 4) is 0 Å². The highest BCUT2D eigenvalue weighted by Gasteiger charge is 2.26. The Morgan fingerprint density at radius 2 is 2.19 bits per heavy atom. The van der Waals surface area contributed by atoms with Crippen LogP contribution < -0.4 is 10.2 Å². The standard InChI is InChI=1S/C17H26N4/c1-3-10-18-12-15-17(20(4-2)13-14-8-9-14)19-16-7-5-6-11-21(15)16/h5-7,11,14,18H,3-4,8-10,12-13H2,1-2H3. The van der Waals surface area contributed by atoms with Crippen LogP contribution in [0, 0.1) is 5.92 Å². The van der Waals surface area contributed by atoms with Crippen LogP contribution in [-0.2, 0) is 6.54 Å². The molecular weight excluding hydrogens is 260 g/mol. The van der Waals surface area contributed by atoms with Crippen LogP contribution in [0.4, 0.5) is 5.82 Å². The number of aromatic nitrogens is 2. The minimum Gasteiger partial charge on any atom is -0.355 e. The first-order valence-electron chi connectivity index (χ1n) is 8.25. The quantitative estimate of drug-likeness (QED) is 0.757. The topological polar surface area (TPSA) is 32.6 Å². The van der Waals surface area contributed by atoms with E-state index in [0.717, 1.165) is 44.2 Å². The molecule has 0 spiro atoms. The minimum atomic E-state index is 0.881. The fourth-order valence-corrected chi connectivity index (χ4v) is 2.81. The average Bonchev–Trinajstić information content (AvgIpc) is 3.26. The van der Waals surface area contributed by atoms with E-state index in [2.05, 4.69) is 52.9 Å². The van der Waals surface area contributed by atoms with Gasteiger partial charge in [0.1, 0.15) is 5.65 Å². The number of rotatable bonds is 8. The van der Waals surface area contributed by atoms with Gasteiger partial charge in [0.2, 0.25) is 0 Å². The largest absolute Gasteiger partial charge is 0.355 e. The summed E-state index contributed by atoms with van der Waals surface area (Å²) in [4.78, 5) is 7.34. The zero-order valence-electron chi connectivity index (χ0n) is 13.2. The lowest BCUT2D eigenvalue weighted by atomic mass is 10.3. The van der Waals surface area contributed by atoms with Crippen LogP contribution in [0.3, 0.4) is 0 Å². The summed E-state index contributed by atoms with van der Waals surface area (Å²) < 4.78 is 2.23. The summed E-state index contributed by atoms with van der Waals surface area (Å²) >= 11 is 0. The molecule has 2 aromatic heterocycles. The molecule has 1 N–H and O–H groups in total. The first-order chi connectivity index (χ1) is 10.3. The Morgan fingerprint density at radius 3 is 2.90 bits per heavy atom. The van der Waals surface area contributed by atoms with E-state index < -0.39 is 0 Å². The molecule has 0 aliphatic heterocycles. The molecule has 1 saturated carbocycles. The van der Waals surface area contributed by atoms with Crippen molar-refractivity contribution in [3.05, 3.63) is 30.1 Å². The van der Waals surface area contributed by atoms with Crippen molar-refractivity contribution < 1.29 is 0 Å². The second-order valence-electron chi connectivity index (χ2n) is 5.97. The molecular formula is C17H26N4. The zero-order valence-corrected chi connectivity index (χ0v) is 13.2. The van der Waals surface area contributed by atoms with Crippen molar-refractivity contribution >= 4 is 11.5 Å². The number of hydrogen-bond donors (Lipinski definition) is 1. The van der Waals surface area contributed by atoms with Gasteiger partial charge in [0, 0.05) is 25.8 Å². The molecule has 0 atom stereocenters. The molecule has 2 heterocycles. The predicted molar refractivity (Wildman–Crippen MR) is 87.8 cm³/mol. The molecule has 114 valence electrons. The van der Waals surface area contributed by atoms with E-state index in [-0.39, 0.29) is 0 Å². The van der Waals surface area contributed by atoms with E-state index in [1.54, 1.807) is 0 Å². The first kappa shape index (κ1) is 14.4. The molecule has 0 bridgehead atoms.